The standard InChI is InChI=1S/C25H32N4O3/c1-27-17-18-28(22(19-27)20-9-3-2-4-10-20)15-8-14-26-24(30)13-7-16-29-21-11-5-6-12-23(21)32-25(29)31/h2-6,9-12,22H,7-8,13-19H2,1H3,(H,26,30). The topological polar surface area (TPSA) is 70.7 Å². The summed E-state index contributed by atoms with van der Waals surface area (Å²) in [7, 11) is 2.17. The first kappa shape index (κ1) is 22.3. The molecule has 0 bridgehead atoms. The second-order valence-electron chi connectivity index (χ2n) is 8.52. The smallest absolute Gasteiger partial charge is 0.408 e. The number of oxazole rings is 1. The predicted octanol–water partition coefficient (Wildman–Crippen LogP) is 2.87. The number of hydrogen-bond donors (Lipinski definition) is 1. The van der Waals surface area contributed by atoms with Crippen molar-refractivity contribution in [2.75, 3.05) is 39.8 Å². The highest BCUT2D eigenvalue weighted by Crippen LogP contribution is 2.24. The number of piperazine rings is 1. The number of benzene rings is 2. The molecule has 2 heterocycles. The molecule has 0 spiro atoms. The van der Waals surface area contributed by atoms with Crippen molar-refractivity contribution in [1.82, 2.24) is 19.7 Å². The zero-order valence-electron chi connectivity index (χ0n) is 18.7. The maximum absolute atomic E-state index is 12.3. The molecular weight excluding hydrogens is 404 g/mol. The number of aryl methyl sites for hydroxylation is 1. The third kappa shape index (κ3) is 5.47. The molecule has 1 aliphatic heterocycles. The molecule has 0 saturated carbocycles. The first-order chi connectivity index (χ1) is 15.6. The summed E-state index contributed by atoms with van der Waals surface area (Å²) in [4.78, 5) is 29.2. The van der Waals surface area contributed by atoms with Gasteiger partial charge in [-0.2, -0.15) is 0 Å². The SMILES string of the molecule is CN1CCN(CCCNC(=O)CCCn2c(=O)oc3ccccc32)C(c2ccccc2)C1. The minimum atomic E-state index is -0.369. The Balaban J connectivity index is 1.19. The zero-order chi connectivity index (χ0) is 22.3. The number of likely N-dealkylation sites (N-methyl/N-ethyl adjacent to an activating group) is 1. The Hall–Kier alpha value is -2.90. The van der Waals surface area contributed by atoms with Crippen molar-refractivity contribution in [1.29, 1.82) is 0 Å². The zero-order valence-corrected chi connectivity index (χ0v) is 18.7. The molecule has 1 atom stereocenters. The second-order valence-corrected chi connectivity index (χ2v) is 8.52. The van der Waals surface area contributed by atoms with Gasteiger partial charge in [-0.05, 0) is 37.6 Å². The molecule has 1 fully saturated rings. The quantitative estimate of drug-likeness (QED) is 0.523. The van der Waals surface area contributed by atoms with E-state index >= 15 is 0 Å². The molecular formula is C25H32N4O3. The molecule has 1 saturated heterocycles. The van der Waals surface area contributed by atoms with Crippen LogP contribution in [0.4, 0.5) is 0 Å². The molecule has 7 nitrogen and oxygen atoms in total. The van der Waals surface area contributed by atoms with Crippen LogP contribution in [0.15, 0.2) is 63.8 Å². The monoisotopic (exact) mass is 436 g/mol. The number of amides is 1. The van der Waals surface area contributed by atoms with E-state index in [4.69, 9.17) is 4.42 Å². The summed E-state index contributed by atoms with van der Waals surface area (Å²) in [6, 6.07) is 18.4. The number of nitrogens with zero attached hydrogens (tertiary/aromatic N) is 3. The first-order valence-corrected chi connectivity index (χ1v) is 11.4. The maximum Gasteiger partial charge on any atom is 0.419 e. The molecule has 0 radical (unpaired) electrons. The number of aromatic nitrogens is 1. The van der Waals surface area contributed by atoms with E-state index in [1.165, 1.54) is 5.56 Å². The highest BCUT2D eigenvalue weighted by Gasteiger charge is 2.25. The van der Waals surface area contributed by atoms with Gasteiger partial charge in [0.05, 0.1) is 5.52 Å². The number of rotatable bonds is 9. The summed E-state index contributed by atoms with van der Waals surface area (Å²) in [5.41, 5.74) is 2.71. The van der Waals surface area contributed by atoms with Crippen molar-refractivity contribution in [3.8, 4) is 0 Å². The third-order valence-corrected chi connectivity index (χ3v) is 6.18. The Bertz CT molecular complexity index is 1080. The van der Waals surface area contributed by atoms with Gasteiger partial charge in [-0.3, -0.25) is 14.3 Å². The van der Waals surface area contributed by atoms with Crippen LogP contribution < -0.4 is 11.1 Å². The maximum atomic E-state index is 12.3. The highest BCUT2D eigenvalue weighted by atomic mass is 16.4. The Labute approximate surface area is 188 Å². The number of nitrogens with one attached hydrogen (secondary N) is 1. The van der Waals surface area contributed by atoms with E-state index in [0.717, 1.165) is 38.1 Å². The fraction of sp³-hybridized carbons (Fsp3) is 0.440. The largest absolute Gasteiger partial charge is 0.419 e. The van der Waals surface area contributed by atoms with Crippen LogP contribution in [0.3, 0.4) is 0 Å². The predicted molar refractivity (Wildman–Crippen MR) is 126 cm³/mol. The summed E-state index contributed by atoms with van der Waals surface area (Å²) >= 11 is 0. The lowest BCUT2D eigenvalue weighted by Crippen LogP contribution is -2.47. The van der Waals surface area contributed by atoms with Crippen molar-refractivity contribution >= 4 is 17.0 Å². The summed E-state index contributed by atoms with van der Waals surface area (Å²) in [5, 5.41) is 3.03. The number of para-hydroxylation sites is 2. The molecule has 7 heteroatoms. The van der Waals surface area contributed by atoms with Crippen LogP contribution in [-0.2, 0) is 11.3 Å². The molecule has 170 valence electrons. The van der Waals surface area contributed by atoms with Crippen LogP contribution in [0, 0.1) is 0 Å². The van der Waals surface area contributed by atoms with Gasteiger partial charge in [-0.15, -0.1) is 0 Å². The lowest BCUT2D eigenvalue weighted by molar-refractivity contribution is -0.121. The van der Waals surface area contributed by atoms with E-state index in [1.54, 1.807) is 10.6 Å². The molecule has 32 heavy (non-hydrogen) atoms. The summed E-state index contributed by atoms with van der Waals surface area (Å²) < 4.78 is 6.84. The summed E-state index contributed by atoms with van der Waals surface area (Å²) in [6.07, 6.45) is 1.92. The van der Waals surface area contributed by atoms with E-state index in [-0.39, 0.29) is 11.7 Å². The average Bonchev–Trinajstić information content (AvgIpc) is 3.13. The average molecular weight is 437 g/mol. The third-order valence-electron chi connectivity index (χ3n) is 6.18. The summed E-state index contributed by atoms with van der Waals surface area (Å²) in [5.74, 6) is -0.337. The Morgan fingerprint density at radius 3 is 2.66 bits per heavy atom. The minimum absolute atomic E-state index is 0.0313. The van der Waals surface area contributed by atoms with Crippen LogP contribution in [0.5, 0.6) is 0 Å². The van der Waals surface area contributed by atoms with Crippen LogP contribution in [0.25, 0.3) is 11.1 Å². The molecule has 1 aromatic heterocycles. The summed E-state index contributed by atoms with van der Waals surface area (Å²) in [6.45, 7) is 5.24. The molecule has 1 amide bonds. The lowest BCUT2D eigenvalue weighted by Gasteiger charge is -2.40. The molecule has 1 unspecified atom stereocenters. The fourth-order valence-corrected chi connectivity index (χ4v) is 4.44. The van der Waals surface area contributed by atoms with Gasteiger partial charge >= 0.3 is 5.76 Å². The highest BCUT2D eigenvalue weighted by molar-refractivity contribution is 5.76. The van der Waals surface area contributed by atoms with Crippen molar-refractivity contribution < 1.29 is 9.21 Å². The minimum Gasteiger partial charge on any atom is -0.408 e. The normalized spacial score (nSPS) is 17.6. The Kier molecular flexibility index (Phi) is 7.39. The number of carbonyl (C=O) groups excluding carboxylic acids is 1. The van der Waals surface area contributed by atoms with Crippen molar-refractivity contribution in [3.05, 3.63) is 70.7 Å². The fourth-order valence-electron chi connectivity index (χ4n) is 4.44. The van der Waals surface area contributed by atoms with Gasteiger partial charge in [0, 0.05) is 51.7 Å². The number of hydrogen-bond acceptors (Lipinski definition) is 5. The molecule has 0 aliphatic carbocycles. The molecule has 1 aliphatic rings. The van der Waals surface area contributed by atoms with Gasteiger partial charge in [-0.1, -0.05) is 42.5 Å². The van der Waals surface area contributed by atoms with Crippen LogP contribution in [0.1, 0.15) is 30.9 Å². The van der Waals surface area contributed by atoms with Crippen LogP contribution in [0.2, 0.25) is 0 Å². The molecule has 2 aromatic carbocycles. The molecule has 1 N–H and O–H groups in total. The van der Waals surface area contributed by atoms with Gasteiger partial charge in [0.1, 0.15) is 0 Å². The lowest BCUT2D eigenvalue weighted by atomic mass is 10.0. The van der Waals surface area contributed by atoms with E-state index in [2.05, 4.69) is 52.5 Å². The van der Waals surface area contributed by atoms with Gasteiger partial charge in [-0.25, -0.2) is 4.79 Å². The van der Waals surface area contributed by atoms with Crippen molar-refractivity contribution in [2.24, 2.45) is 0 Å². The van der Waals surface area contributed by atoms with Gasteiger partial charge in [0.25, 0.3) is 0 Å². The number of carbonyl (C=O) groups is 1. The van der Waals surface area contributed by atoms with Gasteiger partial charge < -0.3 is 14.6 Å². The van der Waals surface area contributed by atoms with E-state index in [1.807, 2.05) is 18.2 Å². The van der Waals surface area contributed by atoms with Crippen molar-refractivity contribution in [2.45, 2.75) is 31.8 Å². The first-order valence-electron chi connectivity index (χ1n) is 11.4. The van der Waals surface area contributed by atoms with E-state index < -0.39 is 0 Å². The molecule has 4 rings (SSSR count). The van der Waals surface area contributed by atoms with Gasteiger partial charge in [0.15, 0.2) is 5.58 Å². The molecule has 3 aromatic rings. The van der Waals surface area contributed by atoms with E-state index in [9.17, 15) is 9.59 Å². The Morgan fingerprint density at radius 1 is 1.03 bits per heavy atom. The van der Waals surface area contributed by atoms with Crippen LogP contribution in [-0.4, -0.2) is 60.0 Å². The van der Waals surface area contributed by atoms with E-state index in [0.29, 0.717) is 37.6 Å². The number of fused-ring (bicyclic) bond motifs is 1. The van der Waals surface area contributed by atoms with Crippen molar-refractivity contribution in [3.63, 3.8) is 0 Å². The van der Waals surface area contributed by atoms with Crippen LogP contribution >= 0.6 is 0 Å². The second kappa shape index (κ2) is 10.6. The Morgan fingerprint density at radius 2 is 1.81 bits per heavy atom. The van der Waals surface area contributed by atoms with Gasteiger partial charge in [0.2, 0.25) is 5.91 Å².